The molecule has 0 saturated heterocycles. The minimum atomic E-state index is -0.0418. The van der Waals surface area contributed by atoms with E-state index < -0.39 is 0 Å². The fraction of sp³-hybridized carbons (Fsp3) is 0.750. The van der Waals surface area contributed by atoms with Gasteiger partial charge in [0.2, 0.25) is 0 Å². The van der Waals surface area contributed by atoms with Gasteiger partial charge in [-0.25, -0.2) is 4.68 Å². The zero-order chi connectivity index (χ0) is 12.5. The molecular weight excluding hydrogens is 202 g/mol. The SMILES string of the molecule is CCC(CC)n1c(=O)c(N)c(C(C)C)n1C. The Bertz CT molecular complexity index is 411. The average Bonchev–Trinajstić information content (AvgIpc) is 2.43. The quantitative estimate of drug-likeness (QED) is 0.854. The molecule has 0 radical (unpaired) electrons. The van der Waals surface area contributed by atoms with E-state index in [1.165, 1.54) is 0 Å². The molecule has 2 N–H and O–H groups in total. The number of nitrogens with two attached hydrogens (primary N) is 1. The van der Waals surface area contributed by atoms with E-state index in [0.29, 0.717) is 5.69 Å². The molecule has 4 nitrogen and oxygen atoms in total. The van der Waals surface area contributed by atoms with Gasteiger partial charge >= 0.3 is 0 Å². The molecule has 0 bridgehead atoms. The molecule has 0 aliphatic rings. The van der Waals surface area contributed by atoms with Crippen molar-refractivity contribution in [2.24, 2.45) is 7.05 Å². The van der Waals surface area contributed by atoms with Gasteiger partial charge in [0.15, 0.2) is 0 Å². The smallest absolute Gasteiger partial charge is 0.290 e. The lowest BCUT2D eigenvalue weighted by molar-refractivity contribution is 0.359. The third-order valence-electron chi connectivity index (χ3n) is 3.22. The van der Waals surface area contributed by atoms with Crippen molar-refractivity contribution < 1.29 is 0 Å². The summed E-state index contributed by atoms with van der Waals surface area (Å²) in [6.07, 6.45) is 1.90. The summed E-state index contributed by atoms with van der Waals surface area (Å²) < 4.78 is 3.73. The van der Waals surface area contributed by atoms with E-state index in [-0.39, 0.29) is 17.5 Å². The number of rotatable bonds is 4. The Hall–Kier alpha value is -1.19. The molecule has 4 heteroatoms. The molecule has 0 spiro atoms. The summed E-state index contributed by atoms with van der Waals surface area (Å²) in [7, 11) is 1.92. The summed E-state index contributed by atoms with van der Waals surface area (Å²) in [6.45, 7) is 8.31. The number of anilines is 1. The van der Waals surface area contributed by atoms with Crippen molar-refractivity contribution in [1.82, 2.24) is 9.36 Å². The summed E-state index contributed by atoms with van der Waals surface area (Å²) in [6, 6.07) is 0.243. The van der Waals surface area contributed by atoms with E-state index in [1.54, 1.807) is 4.68 Å². The van der Waals surface area contributed by atoms with Gasteiger partial charge in [0.05, 0.1) is 11.7 Å². The highest BCUT2D eigenvalue weighted by Crippen LogP contribution is 2.22. The Labute approximate surface area is 97.0 Å². The van der Waals surface area contributed by atoms with Gasteiger partial charge in [0.1, 0.15) is 5.69 Å². The normalized spacial score (nSPS) is 11.7. The second kappa shape index (κ2) is 4.76. The Kier molecular flexibility index (Phi) is 3.83. The highest BCUT2D eigenvalue weighted by molar-refractivity contribution is 5.43. The maximum atomic E-state index is 12.1. The van der Waals surface area contributed by atoms with Crippen LogP contribution in [0.3, 0.4) is 0 Å². The Morgan fingerprint density at radius 1 is 1.25 bits per heavy atom. The molecule has 1 aromatic heterocycles. The van der Waals surface area contributed by atoms with Crippen LogP contribution >= 0.6 is 0 Å². The maximum absolute atomic E-state index is 12.1. The van der Waals surface area contributed by atoms with Gasteiger partial charge < -0.3 is 5.73 Å². The van der Waals surface area contributed by atoms with Crippen molar-refractivity contribution in [3.63, 3.8) is 0 Å². The van der Waals surface area contributed by atoms with Gasteiger partial charge in [-0.15, -0.1) is 0 Å². The van der Waals surface area contributed by atoms with E-state index in [9.17, 15) is 4.79 Å². The van der Waals surface area contributed by atoms with Crippen LogP contribution in [0.1, 0.15) is 58.2 Å². The molecule has 0 fully saturated rings. The molecule has 0 aromatic carbocycles. The molecule has 0 atom stereocenters. The fourth-order valence-corrected chi connectivity index (χ4v) is 2.39. The summed E-state index contributed by atoms with van der Waals surface area (Å²) in [5.41, 5.74) is 7.20. The van der Waals surface area contributed by atoms with Crippen LogP contribution in [0.2, 0.25) is 0 Å². The first kappa shape index (κ1) is 12.9. The van der Waals surface area contributed by atoms with Gasteiger partial charge in [-0.1, -0.05) is 27.7 Å². The molecule has 1 rings (SSSR count). The van der Waals surface area contributed by atoms with Crippen LogP contribution < -0.4 is 11.3 Å². The Morgan fingerprint density at radius 3 is 2.06 bits per heavy atom. The molecule has 0 amide bonds. The lowest BCUT2D eigenvalue weighted by Crippen LogP contribution is -2.27. The third-order valence-corrected chi connectivity index (χ3v) is 3.22. The van der Waals surface area contributed by atoms with Crippen LogP contribution in [0.15, 0.2) is 4.79 Å². The van der Waals surface area contributed by atoms with Gasteiger partial charge in [-0.05, 0) is 18.8 Å². The second-order valence-electron chi connectivity index (χ2n) is 4.60. The van der Waals surface area contributed by atoms with Crippen molar-refractivity contribution >= 4 is 5.69 Å². The summed E-state index contributed by atoms with van der Waals surface area (Å²) in [4.78, 5) is 12.1. The predicted octanol–water partition coefficient (Wildman–Crippen LogP) is 2.25. The van der Waals surface area contributed by atoms with E-state index in [0.717, 1.165) is 18.5 Å². The van der Waals surface area contributed by atoms with Crippen LogP contribution in [-0.4, -0.2) is 9.36 Å². The molecule has 92 valence electrons. The monoisotopic (exact) mass is 225 g/mol. The highest BCUT2D eigenvalue weighted by Gasteiger charge is 2.21. The average molecular weight is 225 g/mol. The van der Waals surface area contributed by atoms with E-state index >= 15 is 0 Å². The van der Waals surface area contributed by atoms with Crippen molar-refractivity contribution in [2.75, 3.05) is 5.73 Å². The summed E-state index contributed by atoms with van der Waals surface area (Å²) in [5, 5.41) is 0. The lowest BCUT2D eigenvalue weighted by Gasteiger charge is -2.18. The number of nitrogens with zero attached hydrogens (tertiary/aromatic N) is 2. The van der Waals surface area contributed by atoms with E-state index in [4.69, 9.17) is 5.73 Å². The van der Waals surface area contributed by atoms with Crippen molar-refractivity contribution in [3.8, 4) is 0 Å². The number of nitrogen functional groups attached to an aromatic ring is 1. The first-order chi connectivity index (χ1) is 7.45. The Balaban J connectivity index is 3.42. The van der Waals surface area contributed by atoms with E-state index in [2.05, 4.69) is 27.7 Å². The minimum Gasteiger partial charge on any atom is -0.393 e. The van der Waals surface area contributed by atoms with Crippen LogP contribution in [0, 0.1) is 0 Å². The highest BCUT2D eigenvalue weighted by atomic mass is 16.1. The Morgan fingerprint density at radius 2 is 1.75 bits per heavy atom. The topological polar surface area (TPSA) is 52.9 Å². The fourth-order valence-electron chi connectivity index (χ4n) is 2.39. The first-order valence-corrected chi connectivity index (χ1v) is 6.02. The standard InChI is InChI=1S/C12H23N3O/c1-6-9(7-2)15-12(16)10(13)11(8(3)4)14(15)5/h8-9H,6-7,13H2,1-5H3. The zero-order valence-corrected chi connectivity index (χ0v) is 10.9. The van der Waals surface area contributed by atoms with E-state index in [1.807, 2.05) is 11.7 Å². The zero-order valence-electron chi connectivity index (χ0n) is 10.9. The van der Waals surface area contributed by atoms with Crippen molar-refractivity contribution in [3.05, 3.63) is 16.0 Å². The second-order valence-corrected chi connectivity index (χ2v) is 4.60. The number of hydrogen-bond acceptors (Lipinski definition) is 2. The van der Waals surface area contributed by atoms with Gasteiger partial charge in [-0.2, -0.15) is 0 Å². The molecule has 0 unspecified atom stereocenters. The lowest BCUT2D eigenvalue weighted by atomic mass is 10.1. The van der Waals surface area contributed by atoms with Gasteiger partial charge in [0, 0.05) is 7.05 Å². The van der Waals surface area contributed by atoms with Crippen LogP contribution in [0.5, 0.6) is 0 Å². The molecule has 0 aliphatic carbocycles. The predicted molar refractivity (Wildman–Crippen MR) is 67.8 cm³/mol. The molecular formula is C12H23N3O. The molecule has 1 heterocycles. The first-order valence-electron chi connectivity index (χ1n) is 6.02. The number of hydrogen-bond donors (Lipinski definition) is 1. The summed E-state index contributed by atoms with van der Waals surface area (Å²) in [5.74, 6) is 0.272. The van der Waals surface area contributed by atoms with Gasteiger partial charge in [-0.3, -0.25) is 9.48 Å². The minimum absolute atomic E-state index is 0.0418. The van der Waals surface area contributed by atoms with Crippen LogP contribution in [-0.2, 0) is 7.05 Å². The molecule has 16 heavy (non-hydrogen) atoms. The summed E-state index contributed by atoms with van der Waals surface area (Å²) >= 11 is 0. The maximum Gasteiger partial charge on any atom is 0.290 e. The third kappa shape index (κ3) is 1.88. The molecule has 0 saturated carbocycles. The van der Waals surface area contributed by atoms with Crippen molar-refractivity contribution in [1.29, 1.82) is 0 Å². The molecule has 0 aliphatic heterocycles. The van der Waals surface area contributed by atoms with Crippen LogP contribution in [0.25, 0.3) is 0 Å². The molecule has 1 aromatic rings. The number of aromatic nitrogens is 2. The van der Waals surface area contributed by atoms with Crippen LogP contribution in [0.4, 0.5) is 5.69 Å². The van der Waals surface area contributed by atoms with Gasteiger partial charge in [0.25, 0.3) is 5.56 Å². The van der Waals surface area contributed by atoms with Crippen molar-refractivity contribution in [2.45, 2.75) is 52.5 Å². The largest absolute Gasteiger partial charge is 0.393 e.